The van der Waals surface area contributed by atoms with Crippen LogP contribution in [0.25, 0.3) is 6.08 Å². The minimum Gasteiger partial charge on any atom is -0.321 e. The van der Waals surface area contributed by atoms with Crippen molar-refractivity contribution in [2.45, 2.75) is 13.5 Å². The molecule has 0 saturated heterocycles. The Balaban J connectivity index is 1.86. The summed E-state index contributed by atoms with van der Waals surface area (Å²) in [6.45, 7) is 2.30. The molecule has 3 aromatic rings. The third kappa shape index (κ3) is 4.43. The van der Waals surface area contributed by atoms with Crippen molar-refractivity contribution in [2.75, 3.05) is 5.32 Å². The predicted octanol–water partition coefficient (Wildman–Crippen LogP) is 4.44. The monoisotopic (exact) mass is 376 g/mol. The van der Waals surface area contributed by atoms with E-state index in [4.69, 9.17) is 11.6 Å². The third-order valence-corrected chi connectivity index (χ3v) is 4.37. The van der Waals surface area contributed by atoms with Crippen LogP contribution in [-0.2, 0) is 11.3 Å². The van der Waals surface area contributed by atoms with Crippen molar-refractivity contribution in [3.63, 3.8) is 0 Å². The van der Waals surface area contributed by atoms with E-state index in [2.05, 4.69) is 10.4 Å². The number of carbonyl (C=O) groups is 1. The number of carbonyl (C=O) groups excluding carboxylic acids is 1. The number of anilines is 1. The summed E-state index contributed by atoms with van der Waals surface area (Å²) >= 11 is 6.46. The van der Waals surface area contributed by atoms with Gasteiger partial charge in [0.25, 0.3) is 5.91 Å². The Kier molecular flexibility index (Phi) is 5.70. The number of benzene rings is 2. The molecule has 5 nitrogen and oxygen atoms in total. The van der Waals surface area contributed by atoms with Crippen molar-refractivity contribution in [1.29, 1.82) is 5.26 Å². The maximum Gasteiger partial charge on any atom is 0.266 e. The summed E-state index contributed by atoms with van der Waals surface area (Å²) in [5.41, 5.74) is 2.85. The van der Waals surface area contributed by atoms with Crippen LogP contribution in [0.4, 0.5) is 5.69 Å². The fraction of sp³-hybridized carbons (Fsp3) is 0.0952. The largest absolute Gasteiger partial charge is 0.321 e. The number of nitrogens with one attached hydrogen (secondary N) is 1. The minimum atomic E-state index is -0.491. The fourth-order valence-electron chi connectivity index (χ4n) is 2.61. The lowest BCUT2D eigenvalue weighted by Gasteiger charge is -2.04. The van der Waals surface area contributed by atoms with Crippen LogP contribution < -0.4 is 5.32 Å². The molecule has 0 radical (unpaired) electrons. The van der Waals surface area contributed by atoms with Gasteiger partial charge in [-0.05, 0) is 30.7 Å². The number of hydrogen-bond acceptors (Lipinski definition) is 3. The number of aryl methyl sites for hydroxylation is 1. The van der Waals surface area contributed by atoms with Crippen LogP contribution >= 0.6 is 11.6 Å². The number of aromatic nitrogens is 2. The van der Waals surface area contributed by atoms with Gasteiger partial charge in [-0.1, -0.05) is 60.1 Å². The summed E-state index contributed by atoms with van der Waals surface area (Å²) in [6.07, 6.45) is 1.48. The average molecular weight is 377 g/mol. The number of nitrogens with zero attached hydrogens (tertiary/aromatic N) is 3. The summed E-state index contributed by atoms with van der Waals surface area (Å²) < 4.78 is 1.65. The fourth-order valence-corrected chi connectivity index (χ4v) is 2.89. The number of para-hydroxylation sites is 1. The highest BCUT2D eigenvalue weighted by Gasteiger charge is 2.16. The lowest BCUT2D eigenvalue weighted by molar-refractivity contribution is -0.112. The first-order valence-corrected chi connectivity index (χ1v) is 8.71. The molecule has 0 spiro atoms. The van der Waals surface area contributed by atoms with E-state index in [0.717, 1.165) is 5.56 Å². The van der Waals surface area contributed by atoms with E-state index in [0.29, 0.717) is 28.6 Å². The molecule has 1 N–H and O–H groups in total. The van der Waals surface area contributed by atoms with Gasteiger partial charge in [0.05, 0.1) is 12.2 Å². The topological polar surface area (TPSA) is 70.7 Å². The van der Waals surface area contributed by atoms with Gasteiger partial charge < -0.3 is 5.32 Å². The summed E-state index contributed by atoms with van der Waals surface area (Å²) in [6, 6.07) is 20.7. The molecule has 0 fully saturated rings. The van der Waals surface area contributed by atoms with E-state index in [9.17, 15) is 10.1 Å². The second kappa shape index (κ2) is 8.35. The molecule has 0 aliphatic rings. The molecule has 0 aliphatic heterocycles. The van der Waals surface area contributed by atoms with E-state index in [1.165, 1.54) is 6.08 Å². The van der Waals surface area contributed by atoms with Gasteiger partial charge in [-0.25, -0.2) is 4.68 Å². The molecule has 134 valence electrons. The first kappa shape index (κ1) is 18.4. The van der Waals surface area contributed by atoms with Crippen LogP contribution in [0.3, 0.4) is 0 Å². The van der Waals surface area contributed by atoms with Crippen molar-refractivity contribution < 1.29 is 4.79 Å². The highest BCUT2D eigenvalue weighted by atomic mass is 35.5. The van der Waals surface area contributed by atoms with Gasteiger partial charge in [-0.3, -0.25) is 4.79 Å². The molecule has 1 heterocycles. The van der Waals surface area contributed by atoms with Crippen molar-refractivity contribution in [3.8, 4) is 6.07 Å². The Bertz CT molecular complexity index is 1020. The van der Waals surface area contributed by atoms with E-state index in [-0.39, 0.29) is 5.57 Å². The Labute approximate surface area is 162 Å². The van der Waals surface area contributed by atoms with E-state index < -0.39 is 5.91 Å². The Morgan fingerprint density at radius 1 is 1.19 bits per heavy atom. The summed E-state index contributed by atoms with van der Waals surface area (Å²) in [5, 5.41) is 16.9. The lowest BCUT2D eigenvalue weighted by atomic mass is 10.1. The zero-order valence-electron chi connectivity index (χ0n) is 14.7. The average Bonchev–Trinajstić information content (AvgIpc) is 2.94. The standard InChI is InChI=1S/C21H17ClN4O/c1-15-19(20(22)26(25-15)14-16-8-4-2-5-9-16)12-17(13-23)21(27)24-18-10-6-3-7-11-18/h2-12H,14H2,1H3,(H,24,27)/b17-12+. The van der Waals surface area contributed by atoms with E-state index in [1.807, 2.05) is 42.5 Å². The van der Waals surface area contributed by atoms with Crippen molar-refractivity contribution in [2.24, 2.45) is 0 Å². The first-order valence-electron chi connectivity index (χ1n) is 8.33. The predicted molar refractivity (Wildman–Crippen MR) is 106 cm³/mol. The molecule has 1 aromatic heterocycles. The molecular formula is C21H17ClN4O. The van der Waals surface area contributed by atoms with Crippen LogP contribution in [0.1, 0.15) is 16.8 Å². The third-order valence-electron chi connectivity index (χ3n) is 3.97. The van der Waals surface area contributed by atoms with Crippen LogP contribution in [0.5, 0.6) is 0 Å². The highest BCUT2D eigenvalue weighted by Crippen LogP contribution is 2.24. The van der Waals surface area contributed by atoms with Gasteiger partial charge in [-0.15, -0.1) is 0 Å². The van der Waals surface area contributed by atoms with Gasteiger partial charge in [0.2, 0.25) is 0 Å². The number of nitriles is 1. The summed E-state index contributed by atoms with van der Waals surface area (Å²) in [5.74, 6) is -0.491. The number of amides is 1. The normalized spacial score (nSPS) is 11.1. The highest BCUT2D eigenvalue weighted by molar-refractivity contribution is 6.31. The Morgan fingerprint density at radius 3 is 2.44 bits per heavy atom. The maximum absolute atomic E-state index is 12.4. The van der Waals surface area contributed by atoms with Crippen LogP contribution in [0, 0.1) is 18.3 Å². The summed E-state index contributed by atoms with van der Waals surface area (Å²) in [4.78, 5) is 12.4. The number of halogens is 1. The molecule has 2 aromatic carbocycles. The van der Waals surface area contributed by atoms with Crippen molar-refractivity contribution in [3.05, 3.63) is 88.2 Å². The lowest BCUT2D eigenvalue weighted by Crippen LogP contribution is -2.13. The van der Waals surface area contributed by atoms with Crippen LogP contribution in [-0.4, -0.2) is 15.7 Å². The SMILES string of the molecule is Cc1nn(Cc2ccccc2)c(Cl)c1/C=C(\C#N)C(=O)Nc1ccccc1. The second-order valence-electron chi connectivity index (χ2n) is 5.92. The van der Waals surface area contributed by atoms with Gasteiger partial charge in [0.1, 0.15) is 16.8 Å². The molecule has 0 saturated carbocycles. The Morgan fingerprint density at radius 2 is 1.81 bits per heavy atom. The minimum absolute atomic E-state index is 0.0388. The molecular weight excluding hydrogens is 360 g/mol. The van der Waals surface area contributed by atoms with E-state index in [1.54, 1.807) is 35.9 Å². The van der Waals surface area contributed by atoms with Crippen LogP contribution in [0.15, 0.2) is 66.2 Å². The molecule has 1 amide bonds. The van der Waals surface area contributed by atoms with Crippen LogP contribution in [0.2, 0.25) is 5.15 Å². The second-order valence-corrected chi connectivity index (χ2v) is 6.28. The first-order chi connectivity index (χ1) is 13.1. The molecule has 3 rings (SSSR count). The van der Waals surface area contributed by atoms with Gasteiger partial charge in [-0.2, -0.15) is 10.4 Å². The van der Waals surface area contributed by atoms with Gasteiger partial charge in [0, 0.05) is 11.3 Å². The molecule has 0 unspecified atom stereocenters. The van der Waals surface area contributed by atoms with Crippen molar-refractivity contribution in [1.82, 2.24) is 9.78 Å². The van der Waals surface area contributed by atoms with E-state index >= 15 is 0 Å². The molecule has 0 aliphatic carbocycles. The number of rotatable bonds is 5. The van der Waals surface area contributed by atoms with Gasteiger partial charge in [0.15, 0.2) is 0 Å². The zero-order valence-corrected chi connectivity index (χ0v) is 15.4. The molecule has 0 atom stereocenters. The maximum atomic E-state index is 12.4. The number of hydrogen-bond donors (Lipinski definition) is 1. The quantitative estimate of drug-likeness (QED) is 0.528. The molecule has 0 bridgehead atoms. The smallest absolute Gasteiger partial charge is 0.266 e. The van der Waals surface area contributed by atoms with Crippen molar-refractivity contribution >= 4 is 29.3 Å². The summed E-state index contributed by atoms with van der Waals surface area (Å²) in [7, 11) is 0. The molecule has 6 heteroatoms. The Hall–Kier alpha value is -3.36. The van der Waals surface area contributed by atoms with Gasteiger partial charge >= 0.3 is 0 Å². The zero-order chi connectivity index (χ0) is 19.2. The molecule has 27 heavy (non-hydrogen) atoms.